The molecule has 0 aliphatic rings. The molecule has 0 spiro atoms. The molecular formula is C16H27IN4O. The van der Waals surface area contributed by atoms with Crippen molar-refractivity contribution < 1.29 is 4.79 Å². The van der Waals surface area contributed by atoms with Gasteiger partial charge in [0.25, 0.3) is 0 Å². The summed E-state index contributed by atoms with van der Waals surface area (Å²) < 4.78 is 0. The predicted octanol–water partition coefficient (Wildman–Crippen LogP) is 2.13. The van der Waals surface area contributed by atoms with Gasteiger partial charge in [0, 0.05) is 20.1 Å². The Hall–Kier alpha value is -1.31. The SMILES string of the molecule is CN=C(NCCC(C)C)NCC(=O)NCc1ccccc1.I. The van der Waals surface area contributed by atoms with Crippen molar-refractivity contribution in [3.8, 4) is 0 Å². The number of guanidine groups is 1. The quantitative estimate of drug-likeness (QED) is 0.361. The second kappa shape index (κ2) is 12.3. The van der Waals surface area contributed by atoms with Crippen molar-refractivity contribution >= 4 is 35.8 Å². The summed E-state index contributed by atoms with van der Waals surface area (Å²) in [5.74, 6) is 1.25. The van der Waals surface area contributed by atoms with Crippen LogP contribution in [0.3, 0.4) is 0 Å². The number of halogens is 1. The number of rotatable bonds is 7. The van der Waals surface area contributed by atoms with Crippen molar-refractivity contribution in [1.29, 1.82) is 0 Å². The summed E-state index contributed by atoms with van der Waals surface area (Å²) in [5, 5.41) is 9.06. The third kappa shape index (κ3) is 9.59. The topological polar surface area (TPSA) is 65.5 Å². The minimum absolute atomic E-state index is 0. The fourth-order valence-corrected chi connectivity index (χ4v) is 1.72. The van der Waals surface area contributed by atoms with E-state index < -0.39 is 0 Å². The number of aliphatic imine (C=N–C) groups is 1. The summed E-state index contributed by atoms with van der Waals surface area (Å²) in [5.41, 5.74) is 1.09. The number of nitrogens with zero attached hydrogens (tertiary/aromatic N) is 1. The Morgan fingerprint density at radius 3 is 2.41 bits per heavy atom. The van der Waals surface area contributed by atoms with Crippen LogP contribution in [0.15, 0.2) is 35.3 Å². The van der Waals surface area contributed by atoms with Gasteiger partial charge in [-0.3, -0.25) is 9.79 Å². The van der Waals surface area contributed by atoms with E-state index in [1.54, 1.807) is 7.05 Å². The van der Waals surface area contributed by atoms with E-state index in [-0.39, 0.29) is 36.4 Å². The van der Waals surface area contributed by atoms with E-state index in [4.69, 9.17) is 0 Å². The van der Waals surface area contributed by atoms with Gasteiger partial charge in [-0.15, -0.1) is 24.0 Å². The molecule has 0 fully saturated rings. The highest BCUT2D eigenvalue weighted by atomic mass is 127. The van der Waals surface area contributed by atoms with Gasteiger partial charge in [-0.1, -0.05) is 44.2 Å². The molecule has 5 nitrogen and oxygen atoms in total. The zero-order valence-corrected chi connectivity index (χ0v) is 15.9. The van der Waals surface area contributed by atoms with Crippen molar-refractivity contribution in [3.63, 3.8) is 0 Å². The lowest BCUT2D eigenvalue weighted by atomic mass is 10.1. The largest absolute Gasteiger partial charge is 0.356 e. The lowest BCUT2D eigenvalue weighted by molar-refractivity contribution is -0.120. The number of hydrogen-bond donors (Lipinski definition) is 3. The summed E-state index contributed by atoms with van der Waals surface area (Å²) in [4.78, 5) is 15.9. The van der Waals surface area contributed by atoms with Crippen LogP contribution in [0, 0.1) is 5.92 Å². The van der Waals surface area contributed by atoms with E-state index in [1.165, 1.54) is 0 Å². The molecule has 124 valence electrons. The van der Waals surface area contributed by atoms with Gasteiger partial charge in [-0.25, -0.2) is 0 Å². The maximum Gasteiger partial charge on any atom is 0.239 e. The lowest BCUT2D eigenvalue weighted by Crippen LogP contribution is -2.43. The fraction of sp³-hybridized carbons (Fsp3) is 0.500. The van der Waals surface area contributed by atoms with Crippen LogP contribution < -0.4 is 16.0 Å². The molecule has 0 saturated carbocycles. The molecule has 1 aromatic rings. The third-order valence-corrected chi connectivity index (χ3v) is 2.99. The van der Waals surface area contributed by atoms with E-state index in [9.17, 15) is 4.79 Å². The molecule has 0 atom stereocenters. The molecule has 0 heterocycles. The van der Waals surface area contributed by atoms with Gasteiger partial charge in [-0.2, -0.15) is 0 Å². The number of carbonyl (C=O) groups excluding carboxylic acids is 1. The molecule has 0 aliphatic carbocycles. The van der Waals surface area contributed by atoms with E-state index in [0.717, 1.165) is 18.5 Å². The van der Waals surface area contributed by atoms with Gasteiger partial charge in [0.2, 0.25) is 5.91 Å². The molecule has 22 heavy (non-hydrogen) atoms. The van der Waals surface area contributed by atoms with Gasteiger partial charge in [-0.05, 0) is 17.9 Å². The van der Waals surface area contributed by atoms with Crippen molar-refractivity contribution in [3.05, 3.63) is 35.9 Å². The number of nitrogens with one attached hydrogen (secondary N) is 3. The van der Waals surface area contributed by atoms with Crippen molar-refractivity contribution in [2.24, 2.45) is 10.9 Å². The highest BCUT2D eigenvalue weighted by Crippen LogP contribution is 1.97. The smallest absolute Gasteiger partial charge is 0.239 e. The summed E-state index contributed by atoms with van der Waals surface area (Å²) >= 11 is 0. The molecule has 6 heteroatoms. The molecule has 0 aromatic heterocycles. The summed E-state index contributed by atoms with van der Waals surface area (Å²) in [7, 11) is 1.70. The zero-order valence-electron chi connectivity index (χ0n) is 13.6. The predicted molar refractivity (Wildman–Crippen MR) is 103 cm³/mol. The molecule has 0 saturated heterocycles. The van der Waals surface area contributed by atoms with Crippen LogP contribution in [0.4, 0.5) is 0 Å². The fourth-order valence-electron chi connectivity index (χ4n) is 1.72. The first-order valence-corrected chi connectivity index (χ1v) is 7.37. The van der Waals surface area contributed by atoms with Crippen molar-refractivity contribution in [1.82, 2.24) is 16.0 Å². The monoisotopic (exact) mass is 418 g/mol. The summed E-state index contributed by atoms with van der Waals surface area (Å²) in [6.07, 6.45) is 1.07. The van der Waals surface area contributed by atoms with Gasteiger partial charge in [0.1, 0.15) is 0 Å². The molecule has 1 rings (SSSR count). The van der Waals surface area contributed by atoms with Crippen LogP contribution in [0.1, 0.15) is 25.8 Å². The number of hydrogen-bond acceptors (Lipinski definition) is 2. The van der Waals surface area contributed by atoms with E-state index >= 15 is 0 Å². The Kier molecular flexibility index (Phi) is 11.5. The van der Waals surface area contributed by atoms with Crippen LogP contribution in [-0.2, 0) is 11.3 Å². The zero-order chi connectivity index (χ0) is 15.5. The molecule has 3 N–H and O–H groups in total. The maximum absolute atomic E-state index is 11.8. The van der Waals surface area contributed by atoms with Gasteiger partial charge in [0.05, 0.1) is 6.54 Å². The highest BCUT2D eigenvalue weighted by Gasteiger charge is 2.03. The van der Waals surface area contributed by atoms with E-state index in [0.29, 0.717) is 18.4 Å². The first-order valence-electron chi connectivity index (χ1n) is 7.37. The summed E-state index contributed by atoms with van der Waals surface area (Å²) in [6, 6.07) is 9.85. The first kappa shape index (κ1) is 20.7. The Morgan fingerprint density at radius 2 is 1.82 bits per heavy atom. The number of benzene rings is 1. The molecule has 0 unspecified atom stereocenters. The average molecular weight is 418 g/mol. The Balaban J connectivity index is 0.00000441. The van der Waals surface area contributed by atoms with Crippen LogP contribution in [0.25, 0.3) is 0 Å². The Morgan fingerprint density at radius 1 is 1.14 bits per heavy atom. The van der Waals surface area contributed by atoms with Crippen molar-refractivity contribution in [2.45, 2.75) is 26.8 Å². The minimum Gasteiger partial charge on any atom is -0.356 e. The number of carbonyl (C=O) groups is 1. The molecule has 1 aromatic carbocycles. The van der Waals surface area contributed by atoms with Crippen LogP contribution in [-0.4, -0.2) is 32.0 Å². The Bertz CT molecular complexity index is 449. The van der Waals surface area contributed by atoms with Gasteiger partial charge in [0.15, 0.2) is 5.96 Å². The average Bonchev–Trinajstić information content (AvgIpc) is 2.49. The molecule has 0 aliphatic heterocycles. The third-order valence-electron chi connectivity index (χ3n) is 2.99. The van der Waals surface area contributed by atoms with Crippen molar-refractivity contribution in [2.75, 3.05) is 20.1 Å². The van der Waals surface area contributed by atoms with E-state index in [2.05, 4.69) is 34.8 Å². The normalized spacial score (nSPS) is 10.8. The van der Waals surface area contributed by atoms with Gasteiger partial charge < -0.3 is 16.0 Å². The van der Waals surface area contributed by atoms with Crippen LogP contribution >= 0.6 is 24.0 Å². The molecule has 0 bridgehead atoms. The molecule has 0 radical (unpaired) electrons. The summed E-state index contributed by atoms with van der Waals surface area (Å²) in [6.45, 7) is 5.96. The second-order valence-electron chi connectivity index (χ2n) is 5.30. The Labute approximate surface area is 150 Å². The van der Waals surface area contributed by atoms with E-state index in [1.807, 2.05) is 30.3 Å². The molecular weight excluding hydrogens is 391 g/mol. The first-order chi connectivity index (χ1) is 10.1. The standard InChI is InChI=1S/C16H26N4O.HI/c1-13(2)9-10-18-16(17-3)20-12-15(21)19-11-14-7-5-4-6-8-14;/h4-8,13H,9-12H2,1-3H3,(H,19,21)(H2,17,18,20);1H. The minimum atomic E-state index is -0.0503. The molecule has 1 amide bonds. The second-order valence-corrected chi connectivity index (χ2v) is 5.30. The van der Waals surface area contributed by atoms with Crippen LogP contribution in [0.5, 0.6) is 0 Å². The lowest BCUT2D eigenvalue weighted by Gasteiger charge is -2.12. The maximum atomic E-state index is 11.8. The number of amides is 1. The van der Waals surface area contributed by atoms with Crippen LogP contribution in [0.2, 0.25) is 0 Å². The van der Waals surface area contributed by atoms with Gasteiger partial charge >= 0.3 is 0 Å². The highest BCUT2D eigenvalue weighted by molar-refractivity contribution is 14.0.